The van der Waals surface area contributed by atoms with Crippen LogP contribution in [0.4, 0.5) is 9.93 Å². The van der Waals surface area contributed by atoms with Gasteiger partial charge in [0.2, 0.25) is 5.13 Å². The minimum absolute atomic E-state index is 0.00414. The third-order valence-corrected chi connectivity index (χ3v) is 7.56. The number of anilines is 1. The lowest BCUT2D eigenvalue weighted by Crippen LogP contribution is -2.44. The molecule has 1 aromatic heterocycles. The van der Waals surface area contributed by atoms with E-state index in [1.54, 1.807) is 9.80 Å². The van der Waals surface area contributed by atoms with Crippen molar-refractivity contribution in [3.8, 4) is 0 Å². The van der Waals surface area contributed by atoms with Gasteiger partial charge in [-0.15, -0.1) is 10.2 Å². The van der Waals surface area contributed by atoms with Crippen LogP contribution in [0.5, 0.6) is 0 Å². The van der Waals surface area contributed by atoms with E-state index in [4.69, 9.17) is 0 Å². The highest BCUT2D eigenvalue weighted by Gasteiger charge is 2.38. The molecule has 0 aromatic carbocycles. The zero-order valence-corrected chi connectivity index (χ0v) is 22.1. The summed E-state index contributed by atoms with van der Waals surface area (Å²) in [5.74, 6) is 0. The Morgan fingerprint density at radius 2 is 1.44 bits per heavy atom. The Balaban J connectivity index is 1.58. The summed E-state index contributed by atoms with van der Waals surface area (Å²) in [5.41, 5.74) is -0.0534. The SMILES string of the molecule is CCCCCCCCCCCCCCCNC1CN(C)C(=O)N1c1nnc(C(C)(C)C)s1. The average Bonchev–Trinajstić information content (AvgIpc) is 3.33. The van der Waals surface area contributed by atoms with E-state index < -0.39 is 0 Å². The molecule has 0 radical (unpaired) electrons. The van der Waals surface area contributed by atoms with E-state index in [-0.39, 0.29) is 17.6 Å². The quantitative estimate of drug-likeness (QED) is 0.275. The van der Waals surface area contributed by atoms with Gasteiger partial charge in [0.15, 0.2) is 0 Å². The molecular formula is C25H47N5OS. The zero-order valence-electron chi connectivity index (χ0n) is 21.3. The second-order valence-electron chi connectivity index (χ2n) is 10.4. The van der Waals surface area contributed by atoms with Crippen molar-refractivity contribution < 1.29 is 4.79 Å². The topological polar surface area (TPSA) is 61.4 Å². The summed E-state index contributed by atoms with van der Waals surface area (Å²) >= 11 is 1.53. The van der Waals surface area contributed by atoms with Crippen molar-refractivity contribution in [2.24, 2.45) is 0 Å². The first-order valence-corrected chi connectivity index (χ1v) is 13.8. The molecule has 1 unspecified atom stereocenters. The average molecular weight is 466 g/mol. The smallest absolute Gasteiger partial charge is 0.324 e. The third-order valence-electron chi connectivity index (χ3n) is 6.21. The summed E-state index contributed by atoms with van der Waals surface area (Å²) in [6.45, 7) is 10.3. The second-order valence-corrected chi connectivity index (χ2v) is 11.3. The first-order valence-electron chi connectivity index (χ1n) is 13.0. The van der Waals surface area contributed by atoms with Crippen molar-refractivity contribution in [1.82, 2.24) is 20.4 Å². The standard InChI is InChI=1S/C25H47N5OS/c1-6-7-8-9-10-11-12-13-14-15-16-17-18-19-26-21-20-29(5)24(31)30(21)23-28-27-22(32-23)25(2,3)4/h21,26H,6-20H2,1-5H3. The van der Waals surface area contributed by atoms with Crippen LogP contribution in [0.15, 0.2) is 0 Å². The Morgan fingerprint density at radius 3 is 1.94 bits per heavy atom. The molecule has 0 saturated carbocycles. The molecule has 1 fully saturated rings. The van der Waals surface area contributed by atoms with Crippen molar-refractivity contribution in [3.05, 3.63) is 5.01 Å². The van der Waals surface area contributed by atoms with Crippen LogP contribution in [-0.4, -0.2) is 47.4 Å². The van der Waals surface area contributed by atoms with E-state index in [9.17, 15) is 4.79 Å². The maximum atomic E-state index is 12.7. The van der Waals surface area contributed by atoms with Crippen LogP contribution in [-0.2, 0) is 5.41 Å². The number of urea groups is 1. The Bertz CT molecular complexity index is 657. The number of hydrogen-bond acceptors (Lipinski definition) is 5. The van der Waals surface area contributed by atoms with Crippen LogP contribution in [0, 0.1) is 0 Å². The Kier molecular flexibility index (Phi) is 11.9. The fourth-order valence-corrected chi connectivity index (χ4v) is 5.08. The largest absolute Gasteiger partial charge is 0.327 e. The molecule has 6 nitrogen and oxygen atoms in total. The molecule has 0 spiro atoms. The maximum absolute atomic E-state index is 12.7. The minimum atomic E-state index is -0.0534. The molecule has 1 N–H and O–H groups in total. The van der Waals surface area contributed by atoms with Crippen LogP contribution in [0.3, 0.4) is 0 Å². The van der Waals surface area contributed by atoms with Crippen LogP contribution in [0.25, 0.3) is 0 Å². The number of nitrogens with one attached hydrogen (secondary N) is 1. The van der Waals surface area contributed by atoms with Gasteiger partial charge in [-0.05, 0) is 13.0 Å². The number of carbonyl (C=O) groups excluding carboxylic acids is 1. The van der Waals surface area contributed by atoms with Gasteiger partial charge >= 0.3 is 6.03 Å². The lowest BCUT2D eigenvalue weighted by molar-refractivity contribution is 0.229. The van der Waals surface area contributed by atoms with E-state index in [0.717, 1.165) is 18.0 Å². The molecule has 1 atom stereocenters. The molecule has 7 heteroatoms. The highest BCUT2D eigenvalue weighted by molar-refractivity contribution is 7.15. The van der Waals surface area contributed by atoms with Crippen molar-refractivity contribution >= 4 is 22.5 Å². The van der Waals surface area contributed by atoms with Crippen molar-refractivity contribution in [2.45, 2.75) is 123 Å². The number of aromatic nitrogens is 2. The summed E-state index contributed by atoms with van der Waals surface area (Å²) in [4.78, 5) is 16.2. The van der Waals surface area contributed by atoms with Crippen molar-refractivity contribution in [2.75, 3.05) is 25.0 Å². The van der Waals surface area contributed by atoms with Crippen LogP contribution >= 0.6 is 11.3 Å². The molecule has 1 aromatic rings. The zero-order chi connectivity index (χ0) is 23.4. The highest BCUT2D eigenvalue weighted by atomic mass is 32.1. The van der Waals surface area contributed by atoms with Gasteiger partial charge in [0.1, 0.15) is 11.2 Å². The normalized spacial score (nSPS) is 17.0. The van der Waals surface area contributed by atoms with Crippen molar-refractivity contribution in [1.29, 1.82) is 0 Å². The molecule has 1 saturated heterocycles. The predicted molar refractivity (Wildman–Crippen MR) is 137 cm³/mol. The number of carbonyl (C=O) groups is 1. The van der Waals surface area contributed by atoms with Gasteiger partial charge in [-0.3, -0.25) is 10.2 Å². The van der Waals surface area contributed by atoms with Gasteiger partial charge in [-0.1, -0.05) is 116 Å². The first kappa shape index (κ1) is 27.0. The molecule has 32 heavy (non-hydrogen) atoms. The summed E-state index contributed by atoms with van der Waals surface area (Å²) < 4.78 is 0. The lowest BCUT2D eigenvalue weighted by atomic mass is 9.98. The molecule has 0 bridgehead atoms. The fourth-order valence-electron chi connectivity index (χ4n) is 4.13. The molecule has 184 valence electrons. The number of amides is 2. The highest BCUT2D eigenvalue weighted by Crippen LogP contribution is 2.32. The number of likely N-dealkylation sites (N-methyl/N-ethyl adjacent to an activating group) is 1. The molecule has 1 aliphatic heterocycles. The maximum Gasteiger partial charge on any atom is 0.327 e. The van der Waals surface area contributed by atoms with E-state index in [1.165, 1.54) is 88.4 Å². The van der Waals surface area contributed by atoms with Gasteiger partial charge < -0.3 is 4.90 Å². The van der Waals surface area contributed by atoms with E-state index in [0.29, 0.717) is 11.7 Å². The molecule has 2 heterocycles. The second kappa shape index (κ2) is 14.1. The van der Waals surface area contributed by atoms with Crippen LogP contribution < -0.4 is 10.2 Å². The number of hydrogen-bond donors (Lipinski definition) is 1. The molecule has 2 amide bonds. The first-order chi connectivity index (χ1) is 15.3. The Hall–Kier alpha value is -1.21. The van der Waals surface area contributed by atoms with E-state index in [1.807, 2.05) is 7.05 Å². The molecular weight excluding hydrogens is 418 g/mol. The number of unbranched alkanes of at least 4 members (excludes halogenated alkanes) is 12. The number of nitrogens with zero attached hydrogens (tertiary/aromatic N) is 4. The Morgan fingerprint density at radius 1 is 0.906 bits per heavy atom. The van der Waals surface area contributed by atoms with E-state index in [2.05, 4.69) is 43.2 Å². The summed E-state index contributed by atoms with van der Waals surface area (Å²) in [5, 5.41) is 13.9. The van der Waals surface area contributed by atoms with E-state index >= 15 is 0 Å². The third kappa shape index (κ3) is 8.97. The Labute approximate surface area is 200 Å². The summed E-state index contributed by atoms with van der Waals surface area (Å²) in [7, 11) is 1.86. The van der Waals surface area contributed by atoms with Crippen LogP contribution in [0.2, 0.25) is 0 Å². The van der Waals surface area contributed by atoms with Gasteiger partial charge in [0.25, 0.3) is 0 Å². The number of rotatable bonds is 16. The van der Waals surface area contributed by atoms with Gasteiger partial charge in [0, 0.05) is 12.5 Å². The van der Waals surface area contributed by atoms with Crippen LogP contribution in [0.1, 0.15) is 116 Å². The summed E-state index contributed by atoms with van der Waals surface area (Å²) in [6, 6.07) is 0.00414. The fraction of sp³-hybridized carbons (Fsp3) is 0.880. The van der Waals surface area contributed by atoms with Gasteiger partial charge in [-0.25, -0.2) is 4.79 Å². The van der Waals surface area contributed by atoms with Gasteiger partial charge in [0.05, 0.1) is 6.54 Å². The molecule has 2 rings (SSSR count). The molecule has 1 aliphatic rings. The predicted octanol–water partition coefficient (Wildman–Crippen LogP) is 6.71. The minimum Gasteiger partial charge on any atom is -0.324 e. The molecule has 0 aliphatic carbocycles. The monoisotopic (exact) mass is 465 g/mol. The summed E-state index contributed by atoms with van der Waals surface area (Å²) in [6.07, 6.45) is 17.7. The van der Waals surface area contributed by atoms with Crippen molar-refractivity contribution in [3.63, 3.8) is 0 Å². The lowest BCUT2D eigenvalue weighted by Gasteiger charge is -2.21. The van der Waals surface area contributed by atoms with Gasteiger partial charge in [-0.2, -0.15) is 0 Å².